The number of nitrogens with zero attached hydrogens (tertiary/aromatic N) is 3. The van der Waals surface area contributed by atoms with E-state index in [1.165, 1.54) is 16.2 Å². The van der Waals surface area contributed by atoms with Crippen LogP contribution in [0, 0.1) is 5.92 Å². The zero-order valence-corrected chi connectivity index (χ0v) is 13.7. The Morgan fingerprint density at radius 1 is 1.09 bits per heavy atom. The van der Waals surface area contributed by atoms with E-state index in [0.29, 0.717) is 23.5 Å². The molecule has 0 saturated heterocycles. The second-order valence-corrected chi connectivity index (χ2v) is 6.44. The van der Waals surface area contributed by atoms with E-state index in [-0.39, 0.29) is 23.2 Å². The van der Waals surface area contributed by atoms with E-state index in [2.05, 4.69) is 23.8 Å². The summed E-state index contributed by atoms with van der Waals surface area (Å²) in [5.41, 5.74) is 1.79. The lowest BCUT2D eigenvalue weighted by molar-refractivity contribution is 0.0620. The number of hydrogen-bond acceptors (Lipinski definition) is 5. The molecular weight excluding hydrogens is 298 g/mol. The van der Waals surface area contributed by atoms with E-state index >= 15 is 0 Å². The molecule has 0 fully saturated rings. The number of fused-ring (bicyclic) bond motifs is 2. The number of aromatic nitrogens is 2. The van der Waals surface area contributed by atoms with Gasteiger partial charge in [0.15, 0.2) is 11.4 Å². The summed E-state index contributed by atoms with van der Waals surface area (Å²) in [6.07, 6.45) is 4.24. The van der Waals surface area contributed by atoms with Gasteiger partial charge in [-0.15, -0.1) is 11.3 Å². The smallest absolute Gasteiger partial charge is 0.271 e. The number of unbranched alkanes of at least 4 members (excludes halogenated alkanes) is 1. The molecule has 1 unspecified atom stereocenters. The summed E-state index contributed by atoms with van der Waals surface area (Å²) in [7, 11) is 0. The van der Waals surface area contributed by atoms with Gasteiger partial charge in [-0.05, 0) is 12.3 Å². The number of hydrogen-bond donors (Lipinski definition) is 0. The Balaban J connectivity index is 1.86. The van der Waals surface area contributed by atoms with Crippen molar-refractivity contribution in [2.75, 3.05) is 6.54 Å². The summed E-state index contributed by atoms with van der Waals surface area (Å²) in [5.74, 6) is -0.242. The first kappa shape index (κ1) is 15.1. The Labute approximate surface area is 133 Å². The van der Waals surface area contributed by atoms with E-state index in [1.807, 2.05) is 10.8 Å². The Morgan fingerprint density at radius 3 is 2.18 bits per heavy atom. The van der Waals surface area contributed by atoms with Crippen LogP contribution in [0.5, 0.6) is 0 Å². The maximum Gasteiger partial charge on any atom is 0.281 e. The predicted molar refractivity (Wildman–Crippen MR) is 86.1 cm³/mol. The standard InChI is InChI=1S/C16H19N3O2S/c1-3-5-6-10(4-2)7-19-15(20)13-14(16(19)21)18-12-9-22-8-11(12)17-13/h8-10H,3-7H2,1-2H3. The van der Waals surface area contributed by atoms with Gasteiger partial charge < -0.3 is 0 Å². The van der Waals surface area contributed by atoms with Crippen LogP contribution in [0.3, 0.4) is 0 Å². The topological polar surface area (TPSA) is 63.2 Å². The highest BCUT2D eigenvalue weighted by atomic mass is 32.1. The maximum absolute atomic E-state index is 12.5. The predicted octanol–water partition coefficient (Wildman–Crippen LogP) is 3.50. The molecule has 0 bridgehead atoms. The third-order valence-electron chi connectivity index (χ3n) is 4.19. The first-order valence-corrected chi connectivity index (χ1v) is 8.70. The van der Waals surface area contributed by atoms with Crippen molar-refractivity contribution in [3.05, 3.63) is 22.1 Å². The van der Waals surface area contributed by atoms with Crippen molar-refractivity contribution in [1.29, 1.82) is 0 Å². The Bertz CT molecular complexity index is 675. The molecular formula is C16H19N3O2S. The average molecular weight is 317 g/mol. The van der Waals surface area contributed by atoms with Crippen LogP contribution in [0.2, 0.25) is 0 Å². The molecule has 5 nitrogen and oxygen atoms in total. The average Bonchev–Trinajstić information content (AvgIpc) is 3.07. The van der Waals surface area contributed by atoms with Gasteiger partial charge in [-0.1, -0.05) is 33.1 Å². The normalized spacial score (nSPS) is 15.6. The van der Waals surface area contributed by atoms with Crippen molar-refractivity contribution in [3.8, 4) is 0 Å². The van der Waals surface area contributed by atoms with Crippen LogP contribution in [0.25, 0.3) is 11.0 Å². The van der Waals surface area contributed by atoms with Gasteiger partial charge in [0.05, 0.1) is 0 Å². The molecule has 22 heavy (non-hydrogen) atoms. The van der Waals surface area contributed by atoms with Gasteiger partial charge in [0, 0.05) is 17.3 Å². The fourth-order valence-electron chi connectivity index (χ4n) is 2.79. The maximum atomic E-state index is 12.5. The number of rotatable bonds is 6. The van der Waals surface area contributed by atoms with Crippen molar-refractivity contribution < 1.29 is 9.59 Å². The molecule has 0 aromatic carbocycles. The van der Waals surface area contributed by atoms with Gasteiger partial charge in [-0.2, -0.15) is 0 Å². The lowest BCUT2D eigenvalue weighted by Gasteiger charge is -2.20. The van der Waals surface area contributed by atoms with Crippen molar-refractivity contribution in [1.82, 2.24) is 14.9 Å². The molecule has 6 heteroatoms. The van der Waals surface area contributed by atoms with Crippen LogP contribution in [0.4, 0.5) is 0 Å². The van der Waals surface area contributed by atoms with Crippen LogP contribution in [0.15, 0.2) is 10.8 Å². The third-order valence-corrected chi connectivity index (χ3v) is 4.91. The minimum atomic E-state index is -0.296. The van der Waals surface area contributed by atoms with E-state index in [0.717, 1.165) is 25.7 Å². The highest BCUT2D eigenvalue weighted by molar-refractivity contribution is 7.09. The summed E-state index contributed by atoms with van der Waals surface area (Å²) < 4.78 is 0. The lowest BCUT2D eigenvalue weighted by atomic mass is 9.99. The Kier molecular flexibility index (Phi) is 4.20. The monoisotopic (exact) mass is 317 g/mol. The van der Waals surface area contributed by atoms with Gasteiger partial charge in [0.25, 0.3) is 11.8 Å². The molecule has 116 valence electrons. The van der Waals surface area contributed by atoms with E-state index in [9.17, 15) is 9.59 Å². The molecule has 0 saturated carbocycles. The summed E-state index contributed by atoms with van der Waals surface area (Å²) in [4.78, 5) is 35.0. The minimum absolute atomic E-state index is 0.209. The first-order chi connectivity index (χ1) is 10.7. The third kappa shape index (κ3) is 2.52. The SMILES string of the molecule is CCCCC(CC)CN1C(=O)c2nc3cscc3nc2C1=O. The Hall–Kier alpha value is -1.82. The molecule has 1 atom stereocenters. The number of carbonyl (C=O) groups is 2. The van der Waals surface area contributed by atoms with Crippen LogP contribution in [-0.4, -0.2) is 33.2 Å². The molecule has 0 spiro atoms. The highest BCUT2D eigenvalue weighted by Crippen LogP contribution is 2.26. The molecule has 2 amide bonds. The fourth-order valence-corrected chi connectivity index (χ4v) is 3.46. The van der Waals surface area contributed by atoms with Crippen molar-refractivity contribution in [2.45, 2.75) is 39.5 Å². The molecule has 0 N–H and O–H groups in total. The number of imide groups is 1. The van der Waals surface area contributed by atoms with Crippen LogP contribution < -0.4 is 0 Å². The molecule has 3 heterocycles. The molecule has 3 rings (SSSR count). The minimum Gasteiger partial charge on any atom is -0.271 e. The molecule has 0 aliphatic carbocycles. The number of thiophene rings is 1. The van der Waals surface area contributed by atoms with Crippen molar-refractivity contribution in [2.24, 2.45) is 5.92 Å². The lowest BCUT2D eigenvalue weighted by Crippen LogP contribution is -2.34. The van der Waals surface area contributed by atoms with Gasteiger partial charge in [0.2, 0.25) is 0 Å². The quantitative estimate of drug-likeness (QED) is 0.765. The van der Waals surface area contributed by atoms with Crippen molar-refractivity contribution >= 4 is 34.2 Å². The largest absolute Gasteiger partial charge is 0.281 e. The number of carbonyl (C=O) groups excluding carboxylic acids is 2. The van der Waals surface area contributed by atoms with Gasteiger partial charge in [0.1, 0.15) is 11.0 Å². The molecule has 1 aliphatic heterocycles. The van der Waals surface area contributed by atoms with Crippen LogP contribution in [-0.2, 0) is 0 Å². The summed E-state index contributed by atoms with van der Waals surface area (Å²) in [5, 5.41) is 3.69. The zero-order valence-electron chi connectivity index (χ0n) is 12.8. The second-order valence-electron chi connectivity index (χ2n) is 5.70. The van der Waals surface area contributed by atoms with Crippen molar-refractivity contribution in [3.63, 3.8) is 0 Å². The van der Waals surface area contributed by atoms with Crippen LogP contribution in [0.1, 0.15) is 60.5 Å². The molecule has 0 radical (unpaired) electrons. The van der Waals surface area contributed by atoms with Gasteiger partial charge in [-0.3, -0.25) is 14.5 Å². The van der Waals surface area contributed by atoms with Gasteiger partial charge in [-0.25, -0.2) is 9.97 Å². The van der Waals surface area contributed by atoms with E-state index in [4.69, 9.17) is 0 Å². The first-order valence-electron chi connectivity index (χ1n) is 7.75. The van der Waals surface area contributed by atoms with Crippen LogP contribution >= 0.6 is 11.3 Å². The fraction of sp³-hybridized carbons (Fsp3) is 0.500. The molecule has 2 aromatic heterocycles. The summed E-state index contributed by atoms with van der Waals surface area (Å²) >= 11 is 1.47. The van der Waals surface area contributed by atoms with Gasteiger partial charge >= 0.3 is 0 Å². The van der Waals surface area contributed by atoms with E-state index in [1.54, 1.807) is 0 Å². The Morgan fingerprint density at radius 2 is 1.68 bits per heavy atom. The molecule has 1 aliphatic rings. The zero-order chi connectivity index (χ0) is 15.7. The second kappa shape index (κ2) is 6.12. The molecule has 2 aromatic rings. The van der Waals surface area contributed by atoms with E-state index < -0.39 is 0 Å². The highest BCUT2D eigenvalue weighted by Gasteiger charge is 2.39. The summed E-state index contributed by atoms with van der Waals surface area (Å²) in [6.45, 7) is 4.72. The number of amides is 2. The summed E-state index contributed by atoms with van der Waals surface area (Å²) in [6, 6.07) is 0.